The summed E-state index contributed by atoms with van der Waals surface area (Å²) >= 11 is 0. The first kappa shape index (κ1) is 10.1. The molecule has 1 aliphatic carbocycles. The molecule has 0 aliphatic heterocycles. The molecule has 1 aromatic heterocycles. The maximum atomic E-state index is 4.39. The van der Waals surface area contributed by atoms with Gasteiger partial charge in [-0.3, -0.25) is 4.68 Å². The minimum atomic E-state index is 0.251. The van der Waals surface area contributed by atoms with E-state index in [1.165, 1.54) is 5.56 Å². The van der Waals surface area contributed by atoms with Crippen LogP contribution in [0.15, 0.2) is 73.1 Å². The summed E-state index contributed by atoms with van der Waals surface area (Å²) in [7, 11) is 0. The van der Waals surface area contributed by atoms with Gasteiger partial charge in [0.1, 0.15) is 0 Å². The second kappa shape index (κ2) is 4.42. The Morgan fingerprint density at radius 2 is 1.76 bits per heavy atom. The van der Waals surface area contributed by atoms with Crippen LogP contribution in [0.25, 0.3) is 0 Å². The summed E-state index contributed by atoms with van der Waals surface area (Å²) in [6.45, 7) is 0. The van der Waals surface area contributed by atoms with Gasteiger partial charge in [0.25, 0.3) is 0 Å². The quantitative estimate of drug-likeness (QED) is 0.779. The molecule has 17 heavy (non-hydrogen) atoms. The summed E-state index contributed by atoms with van der Waals surface area (Å²) in [4.78, 5) is 0. The molecule has 1 heterocycles. The first-order valence-corrected chi connectivity index (χ1v) is 5.84. The zero-order valence-corrected chi connectivity index (χ0v) is 9.48. The normalized spacial score (nSPS) is 16.5. The maximum Gasteiger partial charge on any atom is 0.0865 e. The van der Waals surface area contributed by atoms with E-state index in [2.05, 4.69) is 53.7 Å². The van der Waals surface area contributed by atoms with Crippen LogP contribution in [0.3, 0.4) is 0 Å². The molecule has 1 atom stereocenters. The Morgan fingerprint density at radius 3 is 2.41 bits per heavy atom. The second-order valence-corrected chi connectivity index (χ2v) is 4.19. The van der Waals surface area contributed by atoms with Crippen molar-refractivity contribution < 1.29 is 0 Å². The zero-order valence-electron chi connectivity index (χ0n) is 9.48. The molecule has 2 heteroatoms. The lowest BCUT2D eigenvalue weighted by molar-refractivity contribution is 0.466. The largest absolute Gasteiger partial charge is 0.264 e. The van der Waals surface area contributed by atoms with Gasteiger partial charge in [0, 0.05) is 18.3 Å². The van der Waals surface area contributed by atoms with Crippen LogP contribution in [0.2, 0.25) is 0 Å². The van der Waals surface area contributed by atoms with E-state index >= 15 is 0 Å². The summed E-state index contributed by atoms with van der Waals surface area (Å²) in [5.74, 6) is 0.386. The molecule has 0 amide bonds. The fourth-order valence-corrected chi connectivity index (χ4v) is 2.31. The lowest BCUT2D eigenvalue weighted by Gasteiger charge is -2.22. The molecule has 0 N–H and O–H groups in total. The van der Waals surface area contributed by atoms with Gasteiger partial charge < -0.3 is 0 Å². The molecular formula is C15H14N2. The van der Waals surface area contributed by atoms with Crippen LogP contribution >= 0.6 is 0 Å². The van der Waals surface area contributed by atoms with E-state index in [-0.39, 0.29) is 6.04 Å². The van der Waals surface area contributed by atoms with Crippen molar-refractivity contribution in [3.05, 3.63) is 78.7 Å². The van der Waals surface area contributed by atoms with Crippen molar-refractivity contribution in [2.75, 3.05) is 0 Å². The molecular weight excluding hydrogens is 208 g/mol. The summed E-state index contributed by atoms with van der Waals surface area (Å²) < 4.78 is 2.03. The minimum absolute atomic E-state index is 0.251. The Hall–Kier alpha value is -2.09. The van der Waals surface area contributed by atoms with Crippen molar-refractivity contribution in [1.82, 2.24) is 9.78 Å². The van der Waals surface area contributed by atoms with Gasteiger partial charge in [-0.1, -0.05) is 54.6 Å². The minimum Gasteiger partial charge on any atom is -0.264 e. The molecule has 84 valence electrons. The zero-order chi connectivity index (χ0) is 11.5. The fraction of sp³-hybridized carbons (Fsp3) is 0.133. The third kappa shape index (κ3) is 1.94. The van der Waals surface area contributed by atoms with Crippen molar-refractivity contribution in [2.45, 2.75) is 6.04 Å². The second-order valence-electron chi connectivity index (χ2n) is 4.19. The summed E-state index contributed by atoms with van der Waals surface area (Å²) in [5, 5.41) is 4.39. The Kier molecular flexibility index (Phi) is 2.62. The van der Waals surface area contributed by atoms with Crippen molar-refractivity contribution in [2.24, 2.45) is 5.92 Å². The standard InChI is InChI=1S/C15H14N2/c1-2-7-13(8-3-1)15(14-9-4-5-10-14)17-12-6-11-16-17/h1-12,14-15H. The molecule has 0 spiro atoms. The monoisotopic (exact) mass is 222 g/mol. The van der Waals surface area contributed by atoms with E-state index in [1.807, 2.05) is 29.2 Å². The van der Waals surface area contributed by atoms with E-state index < -0.39 is 0 Å². The molecule has 2 aromatic rings. The lowest BCUT2D eigenvalue weighted by atomic mass is 9.94. The first-order valence-electron chi connectivity index (χ1n) is 5.84. The van der Waals surface area contributed by atoms with E-state index in [0.29, 0.717) is 5.92 Å². The van der Waals surface area contributed by atoms with Crippen LogP contribution in [0.1, 0.15) is 11.6 Å². The molecule has 1 aliphatic rings. The number of benzene rings is 1. The summed E-state index contributed by atoms with van der Waals surface area (Å²) in [6.07, 6.45) is 12.5. The third-order valence-electron chi connectivity index (χ3n) is 3.09. The van der Waals surface area contributed by atoms with Crippen molar-refractivity contribution in [3.63, 3.8) is 0 Å². The molecule has 1 aromatic carbocycles. The van der Waals surface area contributed by atoms with Gasteiger partial charge in [-0.15, -0.1) is 0 Å². The summed E-state index contributed by atoms with van der Waals surface area (Å²) in [5.41, 5.74) is 1.29. The Bertz CT molecular complexity index is 511. The SMILES string of the molecule is C1=CC(C(c2ccccc2)n2cccn2)C=C1. The van der Waals surface area contributed by atoms with E-state index in [0.717, 1.165) is 0 Å². The van der Waals surface area contributed by atoms with Crippen LogP contribution in [-0.2, 0) is 0 Å². The molecule has 2 nitrogen and oxygen atoms in total. The number of allylic oxidation sites excluding steroid dienone is 4. The Labute approximate surface area is 101 Å². The topological polar surface area (TPSA) is 17.8 Å². The van der Waals surface area contributed by atoms with Gasteiger partial charge in [-0.2, -0.15) is 5.10 Å². The van der Waals surface area contributed by atoms with Gasteiger partial charge in [-0.25, -0.2) is 0 Å². The van der Waals surface area contributed by atoms with Gasteiger partial charge in [-0.05, 0) is 11.6 Å². The molecule has 3 rings (SSSR count). The van der Waals surface area contributed by atoms with Crippen LogP contribution in [0.4, 0.5) is 0 Å². The van der Waals surface area contributed by atoms with Crippen LogP contribution < -0.4 is 0 Å². The van der Waals surface area contributed by atoms with Crippen LogP contribution in [0.5, 0.6) is 0 Å². The highest BCUT2D eigenvalue weighted by molar-refractivity contribution is 5.28. The predicted octanol–water partition coefficient (Wildman–Crippen LogP) is 3.21. The highest BCUT2D eigenvalue weighted by Gasteiger charge is 2.22. The Morgan fingerprint density at radius 1 is 1.00 bits per heavy atom. The molecule has 0 radical (unpaired) electrons. The summed E-state index contributed by atoms with van der Waals surface area (Å²) in [6, 6.07) is 12.7. The van der Waals surface area contributed by atoms with E-state index in [4.69, 9.17) is 0 Å². The number of rotatable bonds is 3. The van der Waals surface area contributed by atoms with E-state index in [1.54, 1.807) is 0 Å². The van der Waals surface area contributed by atoms with Crippen LogP contribution in [0, 0.1) is 5.92 Å². The number of nitrogens with zero attached hydrogens (tertiary/aromatic N) is 2. The van der Waals surface area contributed by atoms with Crippen molar-refractivity contribution in [1.29, 1.82) is 0 Å². The fourth-order valence-electron chi connectivity index (χ4n) is 2.31. The van der Waals surface area contributed by atoms with Gasteiger partial charge in [0.2, 0.25) is 0 Å². The number of hydrogen-bond donors (Lipinski definition) is 0. The smallest absolute Gasteiger partial charge is 0.0865 e. The van der Waals surface area contributed by atoms with Gasteiger partial charge in [0.05, 0.1) is 6.04 Å². The Balaban J connectivity index is 2.03. The molecule has 0 saturated carbocycles. The molecule has 0 saturated heterocycles. The average molecular weight is 222 g/mol. The molecule has 0 fully saturated rings. The predicted molar refractivity (Wildman–Crippen MR) is 68.6 cm³/mol. The highest BCUT2D eigenvalue weighted by atomic mass is 15.3. The first-order chi connectivity index (χ1) is 8.45. The van der Waals surface area contributed by atoms with Gasteiger partial charge >= 0.3 is 0 Å². The molecule has 1 unspecified atom stereocenters. The maximum absolute atomic E-state index is 4.39. The van der Waals surface area contributed by atoms with Crippen molar-refractivity contribution >= 4 is 0 Å². The van der Waals surface area contributed by atoms with E-state index in [9.17, 15) is 0 Å². The lowest BCUT2D eigenvalue weighted by Crippen LogP contribution is -2.17. The van der Waals surface area contributed by atoms with Crippen molar-refractivity contribution in [3.8, 4) is 0 Å². The number of aromatic nitrogens is 2. The molecule has 0 bridgehead atoms. The number of hydrogen-bond acceptors (Lipinski definition) is 1. The van der Waals surface area contributed by atoms with Gasteiger partial charge in [0.15, 0.2) is 0 Å². The third-order valence-corrected chi connectivity index (χ3v) is 3.09. The average Bonchev–Trinajstić information content (AvgIpc) is 3.04. The highest BCUT2D eigenvalue weighted by Crippen LogP contribution is 2.30. The van der Waals surface area contributed by atoms with Crippen LogP contribution in [-0.4, -0.2) is 9.78 Å².